The Hall–Kier alpha value is -1.79. The summed E-state index contributed by atoms with van der Waals surface area (Å²) in [6, 6.07) is 8.05. The number of hydrogen-bond acceptors (Lipinski definition) is 3. The van der Waals surface area contributed by atoms with Gasteiger partial charge in [0.25, 0.3) is 0 Å². The Balaban J connectivity index is 1.47. The van der Waals surface area contributed by atoms with Crippen LogP contribution < -0.4 is 11.1 Å². The van der Waals surface area contributed by atoms with Crippen LogP contribution in [0.1, 0.15) is 50.5 Å². The number of likely N-dealkylation sites (N-methyl/N-ethyl adjacent to an activating group) is 1. The molecule has 6 heteroatoms. The summed E-state index contributed by atoms with van der Waals surface area (Å²) in [5, 5.41) is 3.08. The Morgan fingerprint density at radius 3 is 2.26 bits per heavy atom. The van der Waals surface area contributed by atoms with Gasteiger partial charge < -0.3 is 16.0 Å². The summed E-state index contributed by atoms with van der Waals surface area (Å²) in [5.74, 6) is 1.22. The van der Waals surface area contributed by atoms with Crippen molar-refractivity contribution < 1.29 is 9.59 Å². The Bertz CT molecular complexity index is 799. The largest absolute Gasteiger partial charge is 0.341 e. The zero-order valence-electron chi connectivity index (χ0n) is 19.5. The molecule has 0 saturated heterocycles. The van der Waals surface area contributed by atoms with Gasteiger partial charge in [-0.2, -0.15) is 0 Å². The van der Waals surface area contributed by atoms with Gasteiger partial charge in [0.05, 0.1) is 0 Å². The van der Waals surface area contributed by atoms with Crippen LogP contribution in [0.5, 0.6) is 0 Å². The lowest BCUT2D eigenvalue weighted by Crippen LogP contribution is -2.48. The summed E-state index contributed by atoms with van der Waals surface area (Å²) in [7, 11) is 1.28. The van der Waals surface area contributed by atoms with E-state index in [1.165, 1.54) is 17.6 Å². The minimum Gasteiger partial charge on any atom is -0.341 e. The van der Waals surface area contributed by atoms with Crippen molar-refractivity contribution in [3.05, 3.63) is 41.5 Å². The van der Waals surface area contributed by atoms with Crippen molar-refractivity contribution in [1.82, 2.24) is 4.90 Å². The van der Waals surface area contributed by atoms with E-state index in [-0.39, 0.29) is 17.7 Å². The van der Waals surface area contributed by atoms with Gasteiger partial charge in [-0.15, -0.1) is 0 Å². The Morgan fingerprint density at radius 1 is 1.13 bits per heavy atom. The maximum Gasteiger partial charge on any atom is 0.243 e. The van der Waals surface area contributed by atoms with Gasteiger partial charge in [0.2, 0.25) is 11.8 Å². The van der Waals surface area contributed by atoms with E-state index in [9.17, 15) is 9.59 Å². The maximum atomic E-state index is 12.7. The standard InChI is InChI=1S/C25H39N3O2S/c1-28(22-6-5-7-22)25(30)23(26)16-18-8-12-20(13-9-18)24(29)27-21-14-10-19(11-15-21)17-31(2,3)4/h10-11,14-16,20,22-23H,5-9,12-13,17,26H2,1-4H3,(H,27,29)/t20?,23-/m0/s1. The molecular weight excluding hydrogens is 406 g/mol. The zero-order valence-corrected chi connectivity index (χ0v) is 20.3. The van der Waals surface area contributed by atoms with Gasteiger partial charge in [-0.3, -0.25) is 9.59 Å². The number of nitrogens with zero attached hydrogens (tertiary/aromatic N) is 1. The predicted octanol–water partition coefficient (Wildman–Crippen LogP) is 4.27. The summed E-state index contributed by atoms with van der Waals surface area (Å²) in [4.78, 5) is 27.0. The normalized spacial score (nSPS) is 21.1. The second-order valence-corrected chi connectivity index (χ2v) is 14.6. The molecular formula is C25H39N3O2S. The minimum absolute atomic E-state index is 0.00794. The molecule has 1 aromatic carbocycles. The first-order valence-electron chi connectivity index (χ1n) is 11.4. The van der Waals surface area contributed by atoms with Gasteiger partial charge >= 0.3 is 0 Å². The van der Waals surface area contributed by atoms with Crippen molar-refractivity contribution in [2.24, 2.45) is 11.7 Å². The number of carbonyl (C=O) groups is 2. The van der Waals surface area contributed by atoms with E-state index in [2.05, 4.69) is 36.2 Å². The molecule has 5 nitrogen and oxygen atoms in total. The highest BCUT2D eigenvalue weighted by Gasteiger charge is 2.29. The molecule has 2 amide bonds. The number of nitrogens with one attached hydrogen (secondary N) is 1. The highest BCUT2D eigenvalue weighted by atomic mass is 32.3. The first-order chi connectivity index (χ1) is 14.6. The molecule has 0 aliphatic heterocycles. The number of carbonyl (C=O) groups excluding carboxylic acids is 2. The summed E-state index contributed by atoms with van der Waals surface area (Å²) in [6.45, 7) is 0. The lowest BCUT2D eigenvalue weighted by atomic mass is 9.84. The topological polar surface area (TPSA) is 75.4 Å². The van der Waals surface area contributed by atoms with Crippen LogP contribution in [0, 0.1) is 5.92 Å². The molecule has 0 bridgehead atoms. The third-order valence-corrected chi connectivity index (χ3v) is 7.69. The molecule has 3 rings (SSSR count). The SMILES string of the molecule is CN(C(=O)[C@@H](N)C=C1CCC(C(=O)Nc2ccc(CS(C)(C)C)cc2)CC1)C1CCC1. The van der Waals surface area contributed by atoms with E-state index in [0.717, 1.165) is 50.0 Å². The third kappa shape index (κ3) is 6.84. The van der Waals surface area contributed by atoms with Crippen molar-refractivity contribution in [2.75, 3.05) is 31.1 Å². The minimum atomic E-state index is -0.583. The third-order valence-electron chi connectivity index (χ3n) is 6.49. The quantitative estimate of drug-likeness (QED) is 0.615. The predicted molar refractivity (Wildman–Crippen MR) is 133 cm³/mol. The lowest BCUT2D eigenvalue weighted by molar-refractivity contribution is -0.133. The Labute approximate surface area is 189 Å². The van der Waals surface area contributed by atoms with Crippen molar-refractivity contribution in [3.63, 3.8) is 0 Å². The summed E-state index contributed by atoms with van der Waals surface area (Å²) < 4.78 is 0. The molecule has 2 aliphatic carbocycles. The highest BCUT2D eigenvalue weighted by Crippen LogP contribution is 2.39. The molecule has 172 valence electrons. The Morgan fingerprint density at radius 2 is 1.74 bits per heavy atom. The lowest BCUT2D eigenvalue weighted by Gasteiger charge is -2.36. The van der Waals surface area contributed by atoms with Gasteiger partial charge in [-0.25, -0.2) is 10.0 Å². The fraction of sp³-hybridized carbons (Fsp3) is 0.600. The number of benzene rings is 1. The highest BCUT2D eigenvalue weighted by molar-refractivity contribution is 8.31. The van der Waals surface area contributed by atoms with E-state index in [1.807, 2.05) is 30.2 Å². The average molecular weight is 446 g/mol. The number of amides is 2. The molecule has 2 aliphatic rings. The van der Waals surface area contributed by atoms with Gasteiger partial charge in [-0.1, -0.05) is 23.8 Å². The number of allylic oxidation sites excluding steroid dienone is 1. The van der Waals surface area contributed by atoms with Crippen LogP contribution in [0.25, 0.3) is 0 Å². The van der Waals surface area contributed by atoms with Crippen LogP contribution in [0.3, 0.4) is 0 Å². The maximum absolute atomic E-state index is 12.7. The summed E-state index contributed by atoms with van der Waals surface area (Å²) in [5.41, 5.74) is 9.56. The van der Waals surface area contributed by atoms with E-state index < -0.39 is 16.1 Å². The first-order valence-corrected chi connectivity index (χ1v) is 14.4. The van der Waals surface area contributed by atoms with Crippen LogP contribution in [-0.4, -0.2) is 54.6 Å². The van der Waals surface area contributed by atoms with E-state index in [0.29, 0.717) is 6.04 Å². The number of anilines is 1. The molecule has 0 unspecified atom stereocenters. The van der Waals surface area contributed by atoms with Crippen molar-refractivity contribution in [3.8, 4) is 0 Å². The fourth-order valence-corrected chi connectivity index (χ4v) is 5.55. The smallest absolute Gasteiger partial charge is 0.243 e. The second kappa shape index (κ2) is 10.2. The van der Waals surface area contributed by atoms with Crippen LogP contribution in [0.4, 0.5) is 5.69 Å². The van der Waals surface area contributed by atoms with Crippen molar-refractivity contribution >= 4 is 27.5 Å². The van der Waals surface area contributed by atoms with E-state index in [1.54, 1.807) is 0 Å². The molecule has 2 fully saturated rings. The van der Waals surface area contributed by atoms with Crippen LogP contribution in [-0.2, 0) is 15.3 Å². The monoisotopic (exact) mass is 445 g/mol. The summed E-state index contributed by atoms with van der Waals surface area (Å²) in [6.07, 6.45) is 15.5. The average Bonchev–Trinajstić information content (AvgIpc) is 2.67. The molecule has 2 saturated carbocycles. The van der Waals surface area contributed by atoms with E-state index >= 15 is 0 Å². The van der Waals surface area contributed by atoms with Gasteiger partial charge in [0, 0.05) is 30.4 Å². The van der Waals surface area contributed by atoms with Crippen molar-refractivity contribution in [2.45, 2.75) is 62.8 Å². The second-order valence-electron chi connectivity index (χ2n) is 10.1. The molecule has 0 aromatic heterocycles. The molecule has 1 atom stereocenters. The van der Waals surface area contributed by atoms with Crippen LogP contribution in [0.2, 0.25) is 0 Å². The first kappa shape index (κ1) is 23.9. The Kier molecular flexibility index (Phi) is 7.87. The molecule has 0 spiro atoms. The van der Waals surface area contributed by atoms with Gasteiger partial charge in [-0.05, 0) is 81.4 Å². The van der Waals surface area contributed by atoms with Crippen LogP contribution in [0.15, 0.2) is 35.9 Å². The number of nitrogens with two attached hydrogens (primary N) is 1. The van der Waals surface area contributed by atoms with E-state index in [4.69, 9.17) is 5.73 Å². The number of rotatable bonds is 7. The fourth-order valence-electron chi connectivity index (χ4n) is 4.36. The molecule has 0 radical (unpaired) electrons. The van der Waals surface area contributed by atoms with Gasteiger partial charge in [0.1, 0.15) is 6.04 Å². The molecule has 31 heavy (non-hydrogen) atoms. The number of hydrogen-bond donors (Lipinski definition) is 2. The molecule has 3 N–H and O–H groups in total. The van der Waals surface area contributed by atoms with Crippen LogP contribution >= 0.6 is 10.0 Å². The molecule has 1 aromatic rings. The summed E-state index contributed by atoms with van der Waals surface area (Å²) >= 11 is 0. The van der Waals surface area contributed by atoms with Crippen molar-refractivity contribution in [1.29, 1.82) is 0 Å². The molecule has 0 heterocycles. The zero-order chi connectivity index (χ0) is 22.6. The van der Waals surface area contributed by atoms with Gasteiger partial charge in [0.15, 0.2) is 0 Å².